The number of amides is 2. The molecule has 1 rings (SSSR count). The predicted molar refractivity (Wildman–Crippen MR) is 54.9 cm³/mol. The summed E-state index contributed by atoms with van der Waals surface area (Å²) in [6.45, 7) is 2.04. The zero-order chi connectivity index (χ0) is 11.3. The third-order valence-electron chi connectivity index (χ3n) is 1.60. The van der Waals surface area contributed by atoms with Gasteiger partial charge in [0.2, 0.25) is 5.91 Å². The van der Waals surface area contributed by atoms with Gasteiger partial charge in [-0.05, 0) is 6.92 Å². The van der Waals surface area contributed by atoms with Gasteiger partial charge in [-0.15, -0.1) is 11.8 Å². The van der Waals surface area contributed by atoms with E-state index in [0.29, 0.717) is 11.5 Å². The molecule has 1 heterocycles. The molecule has 1 N–H and O–H groups in total. The molecule has 0 aromatic rings. The van der Waals surface area contributed by atoms with Crippen LogP contribution >= 0.6 is 11.8 Å². The average Bonchev–Trinajstić information content (AvgIpc) is 2.17. The Morgan fingerprint density at radius 3 is 2.93 bits per heavy atom. The summed E-state index contributed by atoms with van der Waals surface area (Å²) in [5, 5.41) is 2.17. The number of carbonyl (C=O) groups is 3. The molecule has 0 aliphatic carbocycles. The number of nitrogens with one attached hydrogen (secondary N) is 1. The molecule has 0 saturated carbocycles. The second kappa shape index (κ2) is 5.55. The van der Waals surface area contributed by atoms with Crippen molar-refractivity contribution < 1.29 is 19.1 Å². The van der Waals surface area contributed by atoms with E-state index in [9.17, 15) is 14.4 Å². The number of rotatable bonds is 4. The van der Waals surface area contributed by atoms with Crippen molar-refractivity contribution in [3.05, 3.63) is 11.0 Å². The lowest BCUT2D eigenvalue weighted by atomic mass is 10.3. The van der Waals surface area contributed by atoms with Gasteiger partial charge in [-0.2, -0.15) is 0 Å². The van der Waals surface area contributed by atoms with Gasteiger partial charge < -0.3 is 4.74 Å². The minimum atomic E-state index is -0.444. The van der Waals surface area contributed by atoms with Crippen molar-refractivity contribution in [2.24, 2.45) is 0 Å². The van der Waals surface area contributed by atoms with Crippen LogP contribution in [0.4, 0.5) is 0 Å². The molecule has 0 aromatic heterocycles. The summed E-state index contributed by atoms with van der Waals surface area (Å²) >= 11 is 1.08. The van der Waals surface area contributed by atoms with E-state index >= 15 is 0 Å². The van der Waals surface area contributed by atoms with Gasteiger partial charge in [0.15, 0.2) is 0 Å². The minimum Gasteiger partial charge on any atom is -0.465 e. The van der Waals surface area contributed by atoms with Crippen molar-refractivity contribution in [1.29, 1.82) is 0 Å². The van der Waals surface area contributed by atoms with Crippen LogP contribution in [0.2, 0.25) is 0 Å². The van der Waals surface area contributed by atoms with Gasteiger partial charge in [0.1, 0.15) is 0 Å². The average molecular weight is 229 g/mol. The van der Waals surface area contributed by atoms with Crippen LogP contribution in [0.3, 0.4) is 0 Å². The van der Waals surface area contributed by atoms with Crippen LogP contribution in [0.15, 0.2) is 11.0 Å². The van der Waals surface area contributed by atoms with Crippen molar-refractivity contribution in [3.63, 3.8) is 0 Å². The summed E-state index contributed by atoms with van der Waals surface area (Å²) in [7, 11) is 0. The van der Waals surface area contributed by atoms with Crippen molar-refractivity contribution in [2.45, 2.75) is 13.3 Å². The Hall–Kier alpha value is -1.30. The second-order valence-electron chi connectivity index (χ2n) is 2.74. The first-order valence-corrected chi connectivity index (χ1v) is 5.44. The monoisotopic (exact) mass is 229 g/mol. The highest BCUT2D eigenvalue weighted by Gasteiger charge is 2.19. The molecule has 2 amide bonds. The molecule has 82 valence electrons. The van der Waals surface area contributed by atoms with E-state index in [1.165, 1.54) is 6.08 Å². The number of imide groups is 1. The number of esters is 1. The maximum Gasteiger partial charge on any atom is 0.316 e. The van der Waals surface area contributed by atoms with Crippen molar-refractivity contribution in [1.82, 2.24) is 5.32 Å². The fourth-order valence-electron chi connectivity index (χ4n) is 0.981. The number of hydrogen-bond donors (Lipinski definition) is 1. The molecule has 0 aromatic carbocycles. The zero-order valence-corrected chi connectivity index (χ0v) is 9.06. The van der Waals surface area contributed by atoms with Gasteiger partial charge in [-0.1, -0.05) is 6.08 Å². The molecular formula is C9H11NO4S. The number of thioether (sulfide) groups is 1. The van der Waals surface area contributed by atoms with Crippen LogP contribution in [0.5, 0.6) is 0 Å². The molecule has 0 atom stereocenters. The van der Waals surface area contributed by atoms with Gasteiger partial charge in [-0.3, -0.25) is 19.7 Å². The molecule has 0 bridgehead atoms. The molecule has 1 aliphatic rings. The molecule has 0 spiro atoms. The van der Waals surface area contributed by atoms with E-state index in [0.717, 1.165) is 11.8 Å². The van der Waals surface area contributed by atoms with Crippen LogP contribution in [0, 0.1) is 0 Å². The Bertz CT molecular complexity index is 324. The maximum atomic E-state index is 11.2. The van der Waals surface area contributed by atoms with Crippen molar-refractivity contribution in [3.8, 4) is 0 Å². The SMILES string of the molecule is CCOC(=O)CSC1=CCC(=O)NC1=O. The third kappa shape index (κ3) is 3.75. The van der Waals surface area contributed by atoms with E-state index in [2.05, 4.69) is 5.32 Å². The first-order chi connectivity index (χ1) is 7.13. The summed E-state index contributed by atoms with van der Waals surface area (Å²) in [5.74, 6) is -1.05. The van der Waals surface area contributed by atoms with Crippen molar-refractivity contribution in [2.75, 3.05) is 12.4 Å². The lowest BCUT2D eigenvalue weighted by Crippen LogP contribution is -2.34. The highest BCUT2D eigenvalue weighted by molar-refractivity contribution is 8.04. The number of ether oxygens (including phenoxy) is 1. The van der Waals surface area contributed by atoms with Crippen LogP contribution in [0.25, 0.3) is 0 Å². The van der Waals surface area contributed by atoms with Gasteiger partial charge in [-0.25, -0.2) is 0 Å². The van der Waals surface area contributed by atoms with Crippen molar-refractivity contribution >= 4 is 29.5 Å². The van der Waals surface area contributed by atoms with Gasteiger partial charge in [0.05, 0.1) is 17.3 Å². The van der Waals surface area contributed by atoms with Crippen LogP contribution in [-0.4, -0.2) is 30.1 Å². The Balaban J connectivity index is 2.42. The Kier molecular flexibility index (Phi) is 4.36. The highest BCUT2D eigenvalue weighted by Crippen LogP contribution is 2.19. The van der Waals surface area contributed by atoms with Crippen LogP contribution < -0.4 is 5.32 Å². The molecule has 0 fully saturated rings. The summed E-state index contributed by atoms with van der Waals surface area (Å²) in [5.41, 5.74) is 0. The first-order valence-electron chi connectivity index (χ1n) is 4.46. The van der Waals surface area contributed by atoms with E-state index in [4.69, 9.17) is 4.74 Å². The Morgan fingerprint density at radius 2 is 2.33 bits per heavy atom. The van der Waals surface area contributed by atoms with Gasteiger partial charge in [0.25, 0.3) is 5.91 Å². The fourth-order valence-corrected chi connectivity index (χ4v) is 1.72. The van der Waals surface area contributed by atoms with Crippen LogP contribution in [-0.2, 0) is 19.1 Å². The van der Waals surface area contributed by atoms with Gasteiger partial charge in [0, 0.05) is 6.42 Å². The first kappa shape index (κ1) is 11.8. The molecule has 1 aliphatic heterocycles. The smallest absolute Gasteiger partial charge is 0.316 e. The lowest BCUT2D eigenvalue weighted by molar-refractivity contribution is -0.139. The van der Waals surface area contributed by atoms with Gasteiger partial charge >= 0.3 is 5.97 Å². The highest BCUT2D eigenvalue weighted by atomic mass is 32.2. The Morgan fingerprint density at radius 1 is 1.60 bits per heavy atom. The molecule has 6 heteroatoms. The minimum absolute atomic E-state index is 0.0846. The molecule has 15 heavy (non-hydrogen) atoms. The second-order valence-corrected chi connectivity index (χ2v) is 3.76. The predicted octanol–water partition coefficient (Wildman–Crippen LogP) is 0.213. The summed E-state index contributed by atoms with van der Waals surface area (Å²) in [6.07, 6.45) is 1.70. The largest absolute Gasteiger partial charge is 0.465 e. The summed E-state index contributed by atoms with van der Waals surface area (Å²) in [4.78, 5) is 33.4. The molecule has 5 nitrogen and oxygen atoms in total. The molecule has 0 radical (unpaired) electrons. The van der Waals surface area contributed by atoms with Crippen LogP contribution in [0.1, 0.15) is 13.3 Å². The molecule has 0 saturated heterocycles. The zero-order valence-electron chi connectivity index (χ0n) is 8.24. The van der Waals surface area contributed by atoms with E-state index in [1.807, 2.05) is 0 Å². The van der Waals surface area contributed by atoms with E-state index < -0.39 is 5.91 Å². The van der Waals surface area contributed by atoms with E-state index in [-0.39, 0.29) is 24.1 Å². The maximum absolute atomic E-state index is 11.2. The third-order valence-corrected chi connectivity index (χ3v) is 2.64. The quantitative estimate of drug-likeness (QED) is 0.551. The molecule has 0 unspecified atom stereocenters. The topological polar surface area (TPSA) is 72.5 Å². The van der Waals surface area contributed by atoms with E-state index in [1.54, 1.807) is 6.92 Å². The standard InChI is InChI=1S/C9H11NO4S/c1-2-14-8(12)5-15-6-3-4-7(11)10-9(6)13/h3H,2,4-5H2,1H3,(H,10,11,13). The normalized spacial score (nSPS) is 15.7. The molecular weight excluding hydrogens is 218 g/mol. The summed E-state index contributed by atoms with van der Waals surface area (Å²) < 4.78 is 4.70. The lowest BCUT2D eigenvalue weighted by Gasteiger charge is -2.11. The number of hydrogen-bond acceptors (Lipinski definition) is 5. The number of carbonyl (C=O) groups excluding carboxylic acids is 3. The Labute approximate surface area is 91.2 Å². The summed E-state index contributed by atoms with van der Waals surface area (Å²) in [6, 6.07) is 0. The fraction of sp³-hybridized carbons (Fsp3) is 0.444.